The van der Waals surface area contributed by atoms with E-state index in [9.17, 15) is 0 Å². The van der Waals surface area contributed by atoms with Gasteiger partial charge in [0.05, 0.1) is 6.67 Å². The molecule has 0 unspecified atom stereocenters. The number of pyridine rings is 1. The van der Waals surface area contributed by atoms with Crippen LogP contribution in [0, 0.1) is 4.84 Å². The van der Waals surface area contributed by atoms with Crippen LogP contribution in [-0.2, 0) is 6.67 Å². The second kappa shape index (κ2) is 7.68. The van der Waals surface area contributed by atoms with Gasteiger partial charge in [0, 0.05) is 18.0 Å². The van der Waals surface area contributed by atoms with Crippen molar-refractivity contribution in [3.8, 4) is 11.5 Å². The number of nitrogens with zero attached hydrogens (tertiary/aromatic N) is 4. The summed E-state index contributed by atoms with van der Waals surface area (Å²) in [6, 6.07) is 3.74. The second-order valence-electron chi connectivity index (χ2n) is 5.08. The summed E-state index contributed by atoms with van der Waals surface area (Å²) >= 11 is 5.27. The van der Waals surface area contributed by atoms with Crippen LogP contribution in [0.25, 0.3) is 11.5 Å². The summed E-state index contributed by atoms with van der Waals surface area (Å²) in [5, 5.41) is 4.48. The molecule has 0 saturated carbocycles. The van der Waals surface area contributed by atoms with Gasteiger partial charge in [-0.05, 0) is 50.3 Å². The van der Waals surface area contributed by atoms with E-state index in [1.807, 2.05) is 12.1 Å². The van der Waals surface area contributed by atoms with Crippen molar-refractivity contribution in [2.45, 2.75) is 32.4 Å². The molecule has 0 amide bonds. The Hall–Kier alpha value is -1.24. The fourth-order valence-electron chi connectivity index (χ4n) is 2.47. The minimum absolute atomic E-state index is 0. The fourth-order valence-corrected chi connectivity index (χ4v) is 2.65. The fraction of sp³-hybridized carbons (Fsp3) is 0.500. The molecule has 21 heavy (non-hydrogen) atoms. The maximum absolute atomic E-state index is 5.59. The molecule has 114 valence electrons. The van der Waals surface area contributed by atoms with Gasteiger partial charge in [0.25, 0.3) is 4.84 Å². The van der Waals surface area contributed by atoms with E-state index in [1.54, 1.807) is 17.1 Å². The Labute approximate surface area is 135 Å². The van der Waals surface area contributed by atoms with Crippen LogP contribution in [0.2, 0.25) is 0 Å². The highest BCUT2D eigenvalue weighted by atomic mass is 35.5. The highest BCUT2D eigenvalue weighted by Gasteiger charge is 2.13. The number of halogens is 1. The number of likely N-dealkylation sites (tertiary alicyclic amines) is 1. The van der Waals surface area contributed by atoms with Gasteiger partial charge in [-0.15, -0.1) is 17.5 Å². The van der Waals surface area contributed by atoms with Crippen molar-refractivity contribution in [1.29, 1.82) is 0 Å². The highest BCUT2D eigenvalue weighted by molar-refractivity contribution is 7.71. The SMILES string of the molecule is Cl.S=c1oc(-c2ccncc2)nn1CN1CCCCCC1. The lowest BCUT2D eigenvalue weighted by Crippen LogP contribution is -2.28. The third-order valence-corrected chi connectivity index (χ3v) is 3.86. The number of rotatable bonds is 3. The van der Waals surface area contributed by atoms with E-state index in [-0.39, 0.29) is 12.4 Å². The largest absolute Gasteiger partial charge is 0.409 e. The molecule has 0 atom stereocenters. The van der Waals surface area contributed by atoms with Gasteiger partial charge >= 0.3 is 0 Å². The standard InChI is InChI=1S/C14H18N4OS.ClH/c20-14-18(11-17-9-3-1-2-4-10-17)16-13(19-14)12-5-7-15-8-6-12;/h5-8H,1-4,9-11H2;1H. The maximum atomic E-state index is 5.59. The molecule has 1 saturated heterocycles. The minimum Gasteiger partial charge on any atom is -0.409 e. The zero-order valence-corrected chi connectivity index (χ0v) is 13.4. The zero-order chi connectivity index (χ0) is 13.8. The molecule has 1 aliphatic rings. The smallest absolute Gasteiger partial charge is 0.288 e. The monoisotopic (exact) mass is 326 g/mol. The van der Waals surface area contributed by atoms with Crippen molar-refractivity contribution in [3.05, 3.63) is 29.4 Å². The molecule has 0 spiro atoms. The normalized spacial score (nSPS) is 16.2. The van der Waals surface area contributed by atoms with E-state index in [4.69, 9.17) is 16.6 Å². The van der Waals surface area contributed by atoms with E-state index in [0.717, 1.165) is 18.7 Å². The van der Waals surface area contributed by atoms with E-state index in [0.29, 0.717) is 17.4 Å². The quantitative estimate of drug-likeness (QED) is 0.808. The van der Waals surface area contributed by atoms with Gasteiger partial charge in [-0.3, -0.25) is 9.88 Å². The van der Waals surface area contributed by atoms with Crippen molar-refractivity contribution in [3.63, 3.8) is 0 Å². The van der Waals surface area contributed by atoms with Gasteiger partial charge in [-0.25, -0.2) is 4.68 Å². The van der Waals surface area contributed by atoms with E-state index in [1.165, 1.54) is 25.7 Å². The summed E-state index contributed by atoms with van der Waals surface area (Å²) in [5.74, 6) is 0.562. The third-order valence-electron chi connectivity index (χ3n) is 3.57. The van der Waals surface area contributed by atoms with Crippen LogP contribution in [0.1, 0.15) is 25.7 Å². The molecular weight excluding hydrogens is 308 g/mol. The van der Waals surface area contributed by atoms with Crippen LogP contribution < -0.4 is 0 Å². The molecule has 3 rings (SSSR count). The van der Waals surface area contributed by atoms with Crippen molar-refractivity contribution < 1.29 is 4.42 Å². The Balaban J connectivity index is 0.00000161. The number of hydrogen-bond acceptors (Lipinski definition) is 5. The van der Waals surface area contributed by atoms with E-state index in [2.05, 4.69) is 15.0 Å². The van der Waals surface area contributed by atoms with Crippen LogP contribution in [0.5, 0.6) is 0 Å². The molecule has 0 bridgehead atoms. The summed E-state index contributed by atoms with van der Waals surface area (Å²) in [6.45, 7) is 2.94. The summed E-state index contributed by atoms with van der Waals surface area (Å²) in [6.07, 6.45) is 8.60. The molecule has 3 heterocycles. The lowest BCUT2D eigenvalue weighted by atomic mass is 10.2. The summed E-state index contributed by atoms with van der Waals surface area (Å²) < 4.78 is 7.36. The average molecular weight is 327 g/mol. The Kier molecular flexibility index (Phi) is 5.90. The lowest BCUT2D eigenvalue weighted by molar-refractivity contribution is 0.211. The summed E-state index contributed by atoms with van der Waals surface area (Å²) in [5.41, 5.74) is 0.903. The first kappa shape index (κ1) is 16.1. The van der Waals surface area contributed by atoms with Crippen LogP contribution in [0.3, 0.4) is 0 Å². The number of aromatic nitrogens is 3. The van der Waals surface area contributed by atoms with Gasteiger partial charge in [0.2, 0.25) is 5.89 Å². The lowest BCUT2D eigenvalue weighted by Gasteiger charge is -2.18. The predicted molar refractivity (Wildman–Crippen MR) is 85.8 cm³/mol. The average Bonchev–Trinajstić information content (AvgIpc) is 2.68. The second-order valence-corrected chi connectivity index (χ2v) is 5.43. The van der Waals surface area contributed by atoms with Gasteiger partial charge < -0.3 is 4.42 Å². The number of hydrogen-bond donors (Lipinski definition) is 0. The summed E-state index contributed by atoms with van der Waals surface area (Å²) in [7, 11) is 0. The molecule has 7 heteroatoms. The highest BCUT2D eigenvalue weighted by Crippen LogP contribution is 2.17. The van der Waals surface area contributed by atoms with Crippen molar-refractivity contribution in [1.82, 2.24) is 19.7 Å². The van der Waals surface area contributed by atoms with E-state index >= 15 is 0 Å². The maximum Gasteiger partial charge on any atom is 0.288 e. The molecule has 0 aliphatic carbocycles. The summed E-state index contributed by atoms with van der Waals surface area (Å²) in [4.78, 5) is 6.82. The topological polar surface area (TPSA) is 47.1 Å². The molecule has 1 fully saturated rings. The molecular formula is C14H19ClN4OS. The van der Waals surface area contributed by atoms with Crippen LogP contribution in [-0.4, -0.2) is 32.8 Å². The van der Waals surface area contributed by atoms with Crippen molar-refractivity contribution >= 4 is 24.6 Å². The van der Waals surface area contributed by atoms with Gasteiger partial charge in [-0.1, -0.05) is 12.8 Å². The first-order chi connectivity index (χ1) is 9.83. The van der Waals surface area contributed by atoms with Gasteiger partial charge in [0.15, 0.2) is 0 Å². The third kappa shape index (κ3) is 4.12. The van der Waals surface area contributed by atoms with Gasteiger partial charge in [0.1, 0.15) is 0 Å². The Bertz CT molecular complexity index is 605. The van der Waals surface area contributed by atoms with Crippen molar-refractivity contribution in [2.75, 3.05) is 13.1 Å². The predicted octanol–water partition coefficient (Wildman–Crippen LogP) is 3.52. The van der Waals surface area contributed by atoms with Crippen molar-refractivity contribution in [2.24, 2.45) is 0 Å². The van der Waals surface area contributed by atoms with Gasteiger partial charge in [-0.2, -0.15) is 0 Å². The molecule has 5 nitrogen and oxygen atoms in total. The Morgan fingerprint density at radius 3 is 2.43 bits per heavy atom. The zero-order valence-electron chi connectivity index (χ0n) is 11.8. The Morgan fingerprint density at radius 2 is 1.76 bits per heavy atom. The minimum atomic E-state index is 0. The van der Waals surface area contributed by atoms with Crippen LogP contribution in [0.4, 0.5) is 0 Å². The molecule has 0 aromatic carbocycles. The first-order valence-electron chi connectivity index (χ1n) is 7.03. The van der Waals surface area contributed by atoms with Crippen LogP contribution >= 0.6 is 24.6 Å². The first-order valence-corrected chi connectivity index (χ1v) is 7.44. The molecule has 0 N–H and O–H groups in total. The molecule has 1 aliphatic heterocycles. The Morgan fingerprint density at radius 1 is 1.10 bits per heavy atom. The molecule has 0 radical (unpaired) electrons. The van der Waals surface area contributed by atoms with E-state index < -0.39 is 0 Å². The molecule has 2 aromatic rings. The molecule has 2 aromatic heterocycles. The van der Waals surface area contributed by atoms with Crippen LogP contribution in [0.15, 0.2) is 28.9 Å².